The molecule has 0 aliphatic heterocycles. The molecule has 0 saturated carbocycles. The molecule has 0 amide bonds. The maximum Gasteiger partial charge on any atom is 0.191 e. The van der Waals surface area contributed by atoms with Crippen LogP contribution in [0.5, 0.6) is 0 Å². The van der Waals surface area contributed by atoms with Crippen molar-refractivity contribution < 1.29 is 0 Å². The summed E-state index contributed by atoms with van der Waals surface area (Å²) in [6.07, 6.45) is 0. The smallest absolute Gasteiger partial charge is 0.191 e. The number of aromatic nitrogens is 4. The number of aryl methyl sites for hydroxylation is 1. The highest BCUT2D eigenvalue weighted by atomic mass is 32.2. The standard InChI is InChI=1S/C21H20N4S2/c1-3-25-19(18-12-8-7-9-15(18)2)23-24-21(25)27-14-17-13-26-20(22-17)16-10-5-4-6-11-16/h4-13H,3,14H2,1-2H3. The monoisotopic (exact) mass is 392 g/mol. The summed E-state index contributed by atoms with van der Waals surface area (Å²) in [5, 5.41) is 13.0. The Morgan fingerprint density at radius 2 is 1.78 bits per heavy atom. The number of rotatable bonds is 6. The average molecular weight is 393 g/mol. The van der Waals surface area contributed by atoms with Gasteiger partial charge in [0.25, 0.3) is 0 Å². The minimum atomic E-state index is 0.787. The largest absolute Gasteiger partial charge is 0.302 e. The highest BCUT2D eigenvalue weighted by Gasteiger charge is 2.15. The second kappa shape index (κ2) is 8.06. The third kappa shape index (κ3) is 3.82. The maximum atomic E-state index is 4.77. The third-order valence-corrected chi connectivity index (χ3v) is 6.28. The first-order valence-electron chi connectivity index (χ1n) is 8.88. The lowest BCUT2D eigenvalue weighted by Crippen LogP contribution is -2.00. The number of nitrogens with zero attached hydrogens (tertiary/aromatic N) is 4. The molecule has 2 aromatic carbocycles. The minimum absolute atomic E-state index is 0.787. The van der Waals surface area contributed by atoms with E-state index in [4.69, 9.17) is 4.98 Å². The van der Waals surface area contributed by atoms with Crippen LogP contribution >= 0.6 is 23.1 Å². The lowest BCUT2D eigenvalue weighted by Gasteiger charge is -2.08. The van der Waals surface area contributed by atoms with Gasteiger partial charge in [-0.1, -0.05) is 66.4 Å². The predicted octanol–water partition coefficient (Wildman–Crippen LogP) is 5.69. The molecule has 0 spiro atoms. The first-order chi connectivity index (χ1) is 13.3. The molecule has 2 heterocycles. The zero-order valence-corrected chi connectivity index (χ0v) is 16.9. The van der Waals surface area contributed by atoms with Crippen molar-refractivity contribution in [1.29, 1.82) is 0 Å². The van der Waals surface area contributed by atoms with Crippen molar-refractivity contribution in [1.82, 2.24) is 19.7 Å². The van der Waals surface area contributed by atoms with E-state index in [0.29, 0.717) is 0 Å². The molecule has 4 nitrogen and oxygen atoms in total. The van der Waals surface area contributed by atoms with E-state index in [9.17, 15) is 0 Å². The Balaban J connectivity index is 1.53. The molecular weight excluding hydrogens is 372 g/mol. The highest BCUT2D eigenvalue weighted by Crippen LogP contribution is 2.30. The van der Waals surface area contributed by atoms with Crippen molar-refractivity contribution in [2.24, 2.45) is 0 Å². The van der Waals surface area contributed by atoms with Gasteiger partial charge in [0.2, 0.25) is 0 Å². The van der Waals surface area contributed by atoms with Gasteiger partial charge in [0.1, 0.15) is 5.01 Å². The van der Waals surface area contributed by atoms with Crippen molar-refractivity contribution in [2.75, 3.05) is 0 Å². The molecule has 0 unspecified atom stereocenters. The Morgan fingerprint density at radius 1 is 1.00 bits per heavy atom. The number of benzene rings is 2. The topological polar surface area (TPSA) is 43.6 Å². The summed E-state index contributed by atoms with van der Waals surface area (Å²) in [5.41, 5.74) is 4.59. The van der Waals surface area contributed by atoms with Crippen LogP contribution in [-0.2, 0) is 12.3 Å². The minimum Gasteiger partial charge on any atom is -0.302 e. The van der Waals surface area contributed by atoms with Crippen LogP contribution in [0.15, 0.2) is 65.1 Å². The van der Waals surface area contributed by atoms with Gasteiger partial charge in [0, 0.05) is 28.8 Å². The molecule has 136 valence electrons. The van der Waals surface area contributed by atoms with E-state index in [1.54, 1.807) is 23.1 Å². The summed E-state index contributed by atoms with van der Waals surface area (Å²) < 4.78 is 2.18. The summed E-state index contributed by atoms with van der Waals surface area (Å²) >= 11 is 3.37. The van der Waals surface area contributed by atoms with Crippen LogP contribution in [-0.4, -0.2) is 19.7 Å². The van der Waals surface area contributed by atoms with Crippen molar-refractivity contribution in [3.63, 3.8) is 0 Å². The van der Waals surface area contributed by atoms with Crippen molar-refractivity contribution in [3.05, 3.63) is 71.2 Å². The fraction of sp³-hybridized carbons (Fsp3) is 0.190. The van der Waals surface area contributed by atoms with Gasteiger partial charge in [-0.15, -0.1) is 21.5 Å². The highest BCUT2D eigenvalue weighted by molar-refractivity contribution is 7.98. The molecular formula is C21H20N4S2. The van der Waals surface area contributed by atoms with Crippen molar-refractivity contribution in [3.8, 4) is 22.0 Å². The van der Waals surface area contributed by atoms with Crippen LogP contribution in [0, 0.1) is 6.92 Å². The Labute approximate surface area is 167 Å². The predicted molar refractivity (Wildman–Crippen MR) is 113 cm³/mol. The van der Waals surface area contributed by atoms with Crippen LogP contribution in [0.1, 0.15) is 18.2 Å². The van der Waals surface area contributed by atoms with E-state index in [1.165, 1.54) is 5.56 Å². The number of hydrogen-bond acceptors (Lipinski definition) is 5. The SMILES string of the molecule is CCn1c(SCc2csc(-c3ccccc3)n2)nnc1-c1ccccc1C. The van der Waals surface area contributed by atoms with E-state index in [2.05, 4.69) is 58.3 Å². The summed E-state index contributed by atoms with van der Waals surface area (Å²) in [7, 11) is 0. The molecule has 0 saturated heterocycles. The van der Waals surface area contributed by atoms with Gasteiger partial charge in [0.15, 0.2) is 11.0 Å². The summed E-state index contributed by atoms with van der Waals surface area (Å²) in [6, 6.07) is 18.6. The molecule has 4 aromatic rings. The van der Waals surface area contributed by atoms with Crippen LogP contribution in [0.4, 0.5) is 0 Å². The van der Waals surface area contributed by atoms with Gasteiger partial charge >= 0.3 is 0 Å². The van der Waals surface area contributed by atoms with Crippen LogP contribution in [0.3, 0.4) is 0 Å². The first kappa shape index (κ1) is 17.9. The molecule has 0 bridgehead atoms. The fourth-order valence-corrected chi connectivity index (χ4v) is 4.75. The summed E-state index contributed by atoms with van der Waals surface area (Å²) in [4.78, 5) is 4.77. The van der Waals surface area contributed by atoms with Gasteiger partial charge in [0.05, 0.1) is 5.69 Å². The Kier molecular flexibility index (Phi) is 5.36. The first-order valence-corrected chi connectivity index (χ1v) is 10.7. The quantitative estimate of drug-likeness (QED) is 0.395. The maximum absolute atomic E-state index is 4.77. The zero-order chi connectivity index (χ0) is 18.6. The lowest BCUT2D eigenvalue weighted by atomic mass is 10.1. The molecule has 0 aliphatic rings. The third-order valence-electron chi connectivity index (χ3n) is 4.34. The molecule has 0 aliphatic carbocycles. The molecule has 0 N–H and O–H groups in total. The molecule has 4 rings (SSSR count). The lowest BCUT2D eigenvalue weighted by molar-refractivity contribution is 0.687. The van der Waals surface area contributed by atoms with E-state index >= 15 is 0 Å². The van der Waals surface area contributed by atoms with E-state index in [-0.39, 0.29) is 0 Å². The van der Waals surface area contributed by atoms with Crippen LogP contribution in [0.2, 0.25) is 0 Å². The Bertz CT molecular complexity index is 1040. The normalized spacial score (nSPS) is 11.0. The molecule has 2 aromatic heterocycles. The van der Waals surface area contributed by atoms with Gasteiger partial charge in [-0.2, -0.15) is 0 Å². The summed E-state index contributed by atoms with van der Waals surface area (Å²) in [6.45, 7) is 5.08. The Morgan fingerprint density at radius 3 is 2.56 bits per heavy atom. The molecule has 27 heavy (non-hydrogen) atoms. The number of thiazole rings is 1. The van der Waals surface area contributed by atoms with Crippen molar-refractivity contribution >= 4 is 23.1 Å². The molecule has 0 fully saturated rings. The van der Waals surface area contributed by atoms with E-state index in [0.717, 1.165) is 45.1 Å². The molecule has 0 radical (unpaired) electrons. The number of hydrogen-bond donors (Lipinski definition) is 0. The molecule has 0 atom stereocenters. The Hall–Kier alpha value is -2.44. The van der Waals surface area contributed by atoms with Gasteiger partial charge in [-0.25, -0.2) is 4.98 Å². The zero-order valence-electron chi connectivity index (χ0n) is 15.3. The van der Waals surface area contributed by atoms with Gasteiger partial charge < -0.3 is 4.57 Å². The van der Waals surface area contributed by atoms with Gasteiger partial charge in [-0.3, -0.25) is 0 Å². The second-order valence-corrected chi connectivity index (χ2v) is 7.96. The van der Waals surface area contributed by atoms with E-state index in [1.807, 2.05) is 30.3 Å². The summed E-state index contributed by atoms with van der Waals surface area (Å²) in [5.74, 6) is 1.72. The molecule has 6 heteroatoms. The van der Waals surface area contributed by atoms with Crippen molar-refractivity contribution in [2.45, 2.75) is 31.3 Å². The van der Waals surface area contributed by atoms with Crippen LogP contribution < -0.4 is 0 Å². The fourth-order valence-electron chi connectivity index (χ4n) is 2.93. The second-order valence-electron chi connectivity index (χ2n) is 6.16. The average Bonchev–Trinajstić information content (AvgIpc) is 3.34. The van der Waals surface area contributed by atoms with Crippen LogP contribution in [0.25, 0.3) is 22.0 Å². The number of thioether (sulfide) groups is 1. The van der Waals surface area contributed by atoms with Gasteiger partial charge in [-0.05, 0) is 19.4 Å². The van der Waals surface area contributed by atoms with E-state index < -0.39 is 0 Å².